The minimum absolute atomic E-state index is 0.0612. The van der Waals surface area contributed by atoms with E-state index in [0.717, 1.165) is 12.1 Å². The molecule has 0 saturated carbocycles. The van der Waals surface area contributed by atoms with E-state index in [1.54, 1.807) is 0 Å². The Kier molecular flexibility index (Phi) is 4.54. The molecule has 0 spiro atoms. The molecule has 0 radical (unpaired) electrons. The van der Waals surface area contributed by atoms with E-state index in [4.69, 9.17) is 0 Å². The highest BCUT2D eigenvalue weighted by atomic mass is 32.2. The summed E-state index contributed by atoms with van der Waals surface area (Å²) in [6, 6.07) is 2.17. The Labute approximate surface area is 119 Å². The van der Waals surface area contributed by atoms with E-state index in [0.29, 0.717) is 0 Å². The van der Waals surface area contributed by atoms with Gasteiger partial charge in [0, 0.05) is 12.6 Å². The average molecular weight is 326 g/mol. The molecule has 118 valence electrons. The molecule has 0 bridgehead atoms. The van der Waals surface area contributed by atoms with Gasteiger partial charge in [-0.15, -0.1) is 0 Å². The maximum absolute atomic E-state index is 13.0. The van der Waals surface area contributed by atoms with Crippen molar-refractivity contribution >= 4 is 10.0 Å². The Morgan fingerprint density at radius 3 is 2.48 bits per heavy atom. The molecule has 0 aromatic heterocycles. The summed E-state index contributed by atoms with van der Waals surface area (Å²) in [6.45, 7) is -0.126. The molecule has 1 saturated heterocycles. The van der Waals surface area contributed by atoms with Crippen molar-refractivity contribution in [1.29, 1.82) is 0 Å². The highest BCUT2D eigenvalue weighted by Gasteiger charge is 2.41. The molecule has 21 heavy (non-hydrogen) atoms. The van der Waals surface area contributed by atoms with Gasteiger partial charge in [0.25, 0.3) is 0 Å². The van der Waals surface area contributed by atoms with Crippen molar-refractivity contribution in [3.8, 4) is 0 Å². The first kappa shape index (κ1) is 16.2. The first-order chi connectivity index (χ1) is 9.68. The van der Waals surface area contributed by atoms with Crippen LogP contribution in [0.2, 0.25) is 0 Å². The lowest BCUT2D eigenvalue weighted by Crippen LogP contribution is -2.54. The molecule has 0 amide bonds. The van der Waals surface area contributed by atoms with Crippen LogP contribution in [0.25, 0.3) is 0 Å². The van der Waals surface area contributed by atoms with Crippen LogP contribution in [-0.2, 0) is 10.0 Å². The number of nitrogens with one attached hydrogen (secondary N) is 2. The fraction of sp³-hybridized carbons (Fsp3) is 0.500. The summed E-state index contributed by atoms with van der Waals surface area (Å²) in [4.78, 5) is -0.250. The minimum Gasteiger partial charge on any atom is -0.305 e. The zero-order valence-corrected chi connectivity index (χ0v) is 11.6. The molecular formula is C12H14F4N2O2S. The van der Waals surface area contributed by atoms with Gasteiger partial charge in [-0.2, -0.15) is 13.2 Å². The van der Waals surface area contributed by atoms with Gasteiger partial charge in [-0.3, -0.25) is 0 Å². The fourth-order valence-electron chi connectivity index (χ4n) is 2.16. The van der Waals surface area contributed by atoms with Gasteiger partial charge >= 0.3 is 6.18 Å². The second-order valence-corrected chi connectivity index (χ2v) is 6.57. The topological polar surface area (TPSA) is 58.2 Å². The van der Waals surface area contributed by atoms with Crippen LogP contribution in [0.15, 0.2) is 29.2 Å². The Bertz CT molecular complexity index is 596. The van der Waals surface area contributed by atoms with Gasteiger partial charge < -0.3 is 5.32 Å². The van der Waals surface area contributed by atoms with E-state index in [9.17, 15) is 26.0 Å². The SMILES string of the molecule is O=S(=O)(NC1CCC(C(F)(F)F)NC1)c1cccc(F)c1. The zero-order valence-electron chi connectivity index (χ0n) is 10.8. The molecule has 1 fully saturated rings. The monoisotopic (exact) mass is 326 g/mol. The lowest BCUT2D eigenvalue weighted by molar-refractivity contribution is -0.160. The molecular weight excluding hydrogens is 312 g/mol. The number of hydrogen-bond donors (Lipinski definition) is 2. The van der Waals surface area contributed by atoms with E-state index in [-0.39, 0.29) is 24.3 Å². The predicted molar refractivity (Wildman–Crippen MR) is 67.6 cm³/mol. The van der Waals surface area contributed by atoms with Gasteiger partial charge in [0.15, 0.2) is 0 Å². The molecule has 2 N–H and O–H groups in total. The van der Waals surface area contributed by atoms with E-state index >= 15 is 0 Å². The predicted octanol–water partition coefficient (Wildman–Crippen LogP) is 1.79. The second kappa shape index (κ2) is 5.90. The number of piperidine rings is 1. The average Bonchev–Trinajstić information content (AvgIpc) is 2.38. The summed E-state index contributed by atoms with van der Waals surface area (Å²) < 4.78 is 76.7. The number of sulfonamides is 1. The molecule has 1 aromatic rings. The normalized spacial score (nSPS) is 24.0. The third-order valence-corrected chi connectivity index (χ3v) is 4.76. The van der Waals surface area contributed by atoms with Crippen LogP contribution in [0, 0.1) is 5.82 Å². The summed E-state index contributed by atoms with van der Waals surface area (Å²) in [7, 11) is -3.95. The van der Waals surface area contributed by atoms with Gasteiger partial charge in [0.1, 0.15) is 11.9 Å². The van der Waals surface area contributed by atoms with Crippen molar-refractivity contribution in [3.63, 3.8) is 0 Å². The van der Waals surface area contributed by atoms with Crippen molar-refractivity contribution in [2.75, 3.05) is 6.54 Å². The van der Waals surface area contributed by atoms with Crippen LogP contribution in [0.4, 0.5) is 17.6 Å². The van der Waals surface area contributed by atoms with Crippen molar-refractivity contribution in [3.05, 3.63) is 30.1 Å². The smallest absolute Gasteiger partial charge is 0.305 e. The standard InChI is InChI=1S/C12H14F4N2O2S/c13-8-2-1-3-10(6-8)21(19,20)18-9-4-5-11(17-7-9)12(14,15)16/h1-3,6,9,11,17-18H,4-5,7H2. The van der Waals surface area contributed by atoms with Crippen LogP contribution in [-0.4, -0.2) is 33.2 Å². The van der Waals surface area contributed by atoms with E-state index in [1.807, 2.05) is 0 Å². The minimum atomic E-state index is -4.34. The maximum atomic E-state index is 13.0. The second-order valence-electron chi connectivity index (χ2n) is 4.86. The van der Waals surface area contributed by atoms with Gasteiger partial charge in [-0.05, 0) is 31.0 Å². The fourth-order valence-corrected chi connectivity index (χ4v) is 3.46. The van der Waals surface area contributed by atoms with E-state index in [1.165, 1.54) is 12.1 Å². The molecule has 4 nitrogen and oxygen atoms in total. The largest absolute Gasteiger partial charge is 0.403 e. The van der Waals surface area contributed by atoms with E-state index < -0.39 is 34.1 Å². The molecule has 1 aromatic carbocycles. The summed E-state index contributed by atoms with van der Waals surface area (Å²) in [5, 5.41) is 2.27. The molecule has 2 rings (SSSR count). The first-order valence-corrected chi connectivity index (χ1v) is 7.75. The number of rotatable bonds is 3. The van der Waals surface area contributed by atoms with Crippen molar-refractivity contribution in [2.45, 2.75) is 36.0 Å². The van der Waals surface area contributed by atoms with Gasteiger partial charge in [-0.1, -0.05) is 6.07 Å². The van der Waals surface area contributed by atoms with Crippen molar-refractivity contribution < 1.29 is 26.0 Å². The Morgan fingerprint density at radius 2 is 1.95 bits per heavy atom. The van der Waals surface area contributed by atoms with Crippen LogP contribution in [0.5, 0.6) is 0 Å². The maximum Gasteiger partial charge on any atom is 0.403 e. The molecule has 1 heterocycles. The Hall–Kier alpha value is -1.19. The third kappa shape index (κ3) is 4.14. The highest BCUT2D eigenvalue weighted by molar-refractivity contribution is 7.89. The summed E-state index contributed by atoms with van der Waals surface area (Å²) >= 11 is 0. The van der Waals surface area contributed by atoms with Crippen LogP contribution < -0.4 is 10.0 Å². The molecule has 1 aliphatic rings. The first-order valence-electron chi connectivity index (χ1n) is 6.26. The third-order valence-electron chi connectivity index (χ3n) is 3.24. The Balaban J connectivity index is 2.00. The number of alkyl halides is 3. The number of halogens is 4. The summed E-state index contributed by atoms with van der Waals surface area (Å²) in [5.74, 6) is -0.697. The van der Waals surface area contributed by atoms with Gasteiger partial charge in [-0.25, -0.2) is 17.5 Å². The number of benzene rings is 1. The van der Waals surface area contributed by atoms with Crippen molar-refractivity contribution in [1.82, 2.24) is 10.0 Å². The van der Waals surface area contributed by atoms with E-state index in [2.05, 4.69) is 10.0 Å². The molecule has 2 unspecified atom stereocenters. The molecule has 1 aliphatic heterocycles. The summed E-state index contributed by atoms with van der Waals surface area (Å²) in [5.41, 5.74) is 0. The lowest BCUT2D eigenvalue weighted by atomic mass is 10.0. The quantitative estimate of drug-likeness (QED) is 0.833. The zero-order chi connectivity index (χ0) is 15.7. The highest BCUT2D eigenvalue weighted by Crippen LogP contribution is 2.26. The molecule has 2 atom stereocenters. The van der Waals surface area contributed by atoms with Gasteiger partial charge in [0.2, 0.25) is 10.0 Å². The van der Waals surface area contributed by atoms with Gasteiger partial charge in [0.05, 0.1) is 4.90 Å². The van der Waals surface area contributed by atoms with Crippen LogP contribution in [0.1, 0.15) is 12.8 Å². The number of hydrogen-bond acceptors (Lipinski definition) is 3. The summed E-state index contributed by atoms with van der Waals surface area (Å²) in [6.07, 6.45) is -4.49. The lowest BCUT2D eigenvalue weighted by Gasteiger charge is -2.31. The Morgan fingerprint density at radius 1 is 1.24 bits per heavy atom. The van der Waals surface area contributed by atoms with Crippen molar-refractivity contribution in [2.24, 2.45) is 0 Å². The molecule has 0 aliphatic carbocycles. The van der Waals surface area contributed by atoms with Crippen LogP contribution in [0.3, 0.4) is 0 Å². The molecule has 9 heteroatoms. The van der Waals surface area contributed by atoms with Crippen LogP contribution >= 0.6 is 0 Å².